The van der Waals surface area contributed by atoms with E-state index in [0.717, 1.165) is 30.7 Å². The smallest absolute Gasteiger partial charge is 0.253 e. The summed E-state index contributed by atoms with van der Waals surface area (Å²) in [6, 6.07) is 7.75. The molecule has 1 aromatic carbocycles. The maximum absolute atomic E-state index is 12.5. The van der Waals surface area contributed by atoms with Crippen molar-refractivity contribution in [1.29, 1.82) is 0 Å². The maximum Gasteiger partial charge on any atom is 0.253 e. The zero-order valence-corrected chi connectivity index (χ0v) is 12.9. The molecule has 2 heterocycles. The summed E-state index contributed by atoms with van der Waals surface area (Å²) in [7, 11) is 0. The van der Waals surface area contributed by atoms with Crippen molar-refractivity contribution in [1.82, 2.24) is 4.90 Å². The topological polar surface area (TPSA) is 41.9 Å². The molecule has 0 aromatic heterocycles. The van der Waals surface area contributed by atoms with Gasteiger partial charge in [-0.2, -0.15) is 0 Å². The van der Waals surface area contributed by atoms with Crippen molar-refractivity contribution < 1.29 is 9.63 Å². The Kier molecular flexibility index (Phi) is 3.47. The molecular formula is C17H22N2O2. The Morgan fingerprint density at radius 2 is 2.05 bits per heavy atom. The zero-order chi connectivity index (χ0) is 15.0. The summed E-state index contributed by atoms with van der Waals surface area (Å²) >= 11 is 0. The molecule has 112 valence electrons. The number of rotatable bonds is 2. The van der Waals surface area contributed by atoms with E-state index in [2.05, 4.69) is 19.0 Å². The number of likely N-dealkylation sites (tertiary alicyclic amines) is 1. The van der Waals surface area contributed by atoms with E-state index in [0.29, 0.717) is 12.5 Å². The van der Waals surface area contributed by atoms with E-state index in [9.17, 15) is 4.79 Å². The molecule has 0 aliphatic carbocycles. The van der Waals surface area contributed by atoms with Gasteiger partial charge in [-0.3, -0.25) is 4.79 Å². The second-order valence-electron chi connectivity index (χ2n) is 6.53. The first-order valence-electron chi connectivity index (χ1n) is 7.60. The van der Waals surface area contributed by atoms with Gasteiger partial charge in [-0.05, 0) is 25.0 Å². The van der Waals surface area contributed by atoms with Gasteiger partial charge < -0.3 is 9.74 Å². The summed E-state index contributed by atoms with van der Waals surface area (Å²) < 4.78 is 0. The van der Waals surface area contributed by atoms with Crippen LogP contribution in [0.25, 0.3) is 0 Å². The molecule has 1 fully saturated rings. The maximum atomic E-state index is 12.5. The molecule has 21 heavy (non-hydrogen) atoms. The third kappa shape index (κ3) is 2.67. The van der Waals surface area contributed by atoms with Gasteiger partial charge in [0.05, 0.1) is 12.3 Å². The van der Waals surface area contributed by atoms with Gasteiger partial charge in [0.25, 0.3) is 5.91 Å². The van der Waals surface area contributed by atoms with Gasteiger partial charge in [-0.15, -0.1) is 0 Å². The van der Waals surface area contributed by atoms with E-state index in [1.54, 1.807) is 0 Å². The van der Waals surface area contributed by atoms with Gasteiger partial charge in [0.2, 0.25) is 0 Å². The highest BCUT2D eigenvalue weighted by Crippen LogP contribution is 2.35. The summed E-state index contributed by atoms with van der Waals surface area (Å²) in [5, 5.41) is 4.23. The van der Waals surface area contributed by atoms with Crippen molar-refractivity contribution in [3.05, 3.63) is 35.4 Å². The average molecular weight is 286 g/mol. The minimum atomic E-state index is -0.278. The molecule has 1 aromatic rings. The predicted octanol–water partition coefficient (Wildman–Crippen LogP) is 3.01. The number of oxime groups is 1. The van der Waals surface area contributed by atoms with Crippen molar-refractivity contribution >= 4 is 11.6 Å². The molecule has 2 aliphatic rings. The van der Waals surface area contributed by atoms with Crippen molar-refractivity contribution in [2.75, 3.05) is 13.1 Å². The molecule has 1 spiro atoms. The average Bonchev–Trinajstić information content (AvgIpc) is 3.07. The first-order valence-corrected chi connectivity index (χ1v) is 7.60. The van der Waals surface area contributed by atoms with Gasteiger partial charge >= 0.3 is 0 Å². The molecule has 1 unspecified atom stereocenters. The summed E-state index contributed by atoms with van der Waals surface area (Å²) in [5.74, 6) is 0.500. The normalized spacial score (nSPS) is 24.6. The molecule has 3 rings (SSSR count). The Morgan fingerprint density at radius 3 is 2.67 bits per heavy atom. The first-order chi connectivity index (χ1) is 9.99. The van der Waals surface area contributed by atoms with Crippen molar-refractivity contribution in [3.63, 3.8) is 0 Å². The second kappa shape index (κ2) is 5.17. The first kappa shape index (κ1) is 14.1. The minimum Gasteiger partial charge on any atom is -0.387 e. The number of amides is 1. The fourth-order valence-electron chi connectivity index (χ4n) is 2.98. The molecule has 1 saturated heterocycles. The molecule has 0 saturated carbocycles. The van der Waals surface area contributed by atoms with Gasteiger partial charge in [0.1, 0.15) is 0 Å². The molecule has 0 N–H and O–H groups in total. The highest BCUT2D eigenvalue weighted by atomic mass is 16.7. The van der Waals surface area contributed by atoms with Gasteiger partial charge in [0, 0.05) is 24.9 Å². The lowest BCUT2D eigenvalue weighted by Gasteiger charge is -2.22. The molecule has 1 atom stereocenters. The van der Waals surface area contributed by atoms with Crippen LogP contribution in [0.15, 0.2) is 29.4 Å². The number of carbonyl (C=O) groups excluding carboxylic acids is 1. The summed E-state index contributed by atoms with van der Waals surface area (Å²) in [6.45, 7) is 7.67. The quantitative estimate of drug-likeness (QED) is 0.838. The Labute approximate surface area is 125 Å². The fraction of sp³-hybridized carbons (Fsp3) is 0.529. The summed E-state index contributed by atoms with van der Waals surface area (Å²) in [4.78, 5) is 20.1. The van der Waals surface area contributed by atoms with Crippen LogP contribution in [0.4, 0.5) is 0 Å². The fourth-order valence-corrected chi connectivity index (χ4v) is 2.98. The molecule has 0 radical (unpaired) electrons. The Hall–Kier alpha value is -1.84. The minimum absolute atomic E-state index is 0.0912. The van der Waals surface area contributed by atoms with Crippen LogP contribution in [-0.4, -0.2) is 35.2 Å². The third-order valence-corrected chi connectivity index (χ3v) is 4.43. The van der Waals surface area contributed by atoms with E-state index < -0.39 is 0 Å². The Bertz CT molecular complexity index is 577. The standard InChI is InChI=1S/C17H22N2O2/c1-12(2)15-10-17(21-18-15)8-9-19(11-17)16(20)14-6-4-13(3)5-7-14/h4-7,12H,8-11H2,1-3H3. The number of benzene rings is 1. The lowest BCUT2D eigenvalue weighted by molar-refractivity contribution is -0.00917. The summed E-state index contributed by atoms with van der Waals surface area (Å²) in [5.41, 5.74) is 2.75. The highest BCUT2D eigenvalue weighted by Gasteiger charge is 2.46. The van der Waals surface area contributed by atoms with E-state index >= 15 is 0 Å². The molecule has 4 heteroatoms. The van der Waals surface area contributed by atoms with E-state index in [1.165, 1.54) is 5.56 Å². The molecule has 1 amide bonds. The van der Waals surface area contributed by atoms with Crippen molar-refractivity contribution in [3.8, 4) is 0 Å². The van der Waals surface area contributed by atoms with Crippen LogP contribution in [0.2, 0.25) is 0 Å². The largest absolute Gasteiger partial charge is 0.387 e. The lowest BCUT2D eigenvalue weighted by atomic mass is 9.92. The number of aryl methyl sites for hydroxylation is 1. The Balaban J connectivity index is 1.68. The second-order valence-corrected chi connectivity index (χ2v) is 6.53. The van der Waals surface area contributed by atoms with Crippen LogP contribution in [0.1, 0.15) is 42.6 Å². The highest BCUT2D eigenvalue weighted by molar-refractivity contribution is 5.95. The van der Waals surface area contributed by atoms with Crippen LogP contribution in [-0.2, 0) is 4.84 Å². The van der Waals surface area contributed by atoms with Crippen LogP contribution in [0.5, 0.6) is 0 Å². The predicted molar refractivity (Wildman–Crippen MR) is 82.4 cm³/mol. The van der Waals surface area contributed by atoms with Crippen LogP contribution >= 0.6 is 0 Å². The SMILES string of the molecule is Cc1ccc(C(=O)N2CCC3(CC(C(C)C)=NO3)C2)cc1. The van der Waals surface area contributed by atoms with Crippen LogP contribution < -0.4 is 0 Å². The summed E-state index contributed by atoms with van der Waals surface area (Å²) in [6.07, 6.45) is 1.71. The lowest BCUT2D eigenvalue weighted by Crippen LogP contribution is -2.36. The molecular weight excluding hydrogens is 264 g/mol. The molecule has 2 aliphatic heterocycles. The van der Waals surface area contributed by atoms with E-state index in [-0.39, 0.29) is 11.5 Å². The number of hydrogen-bond donors (Lipinski definition) is 0. The number of hydrogen-bond acceptors (Lipinski definition) is 3. The Morgan fingerprint density at radius 1 is 1.33 bits per heavy atom. The van der Waals surface area contributed by atoms with Crippen molar-refractivity contribution in [2.45, 2.75) is 39.2 Å². The zero-order valence-electron chi connectivity index (χ0n) is 12.9. The van der Waals surface area contributed by atoms with E-state index in [4.69, 9.17) is 4.84 Å². The van der Waals surface area contributed by atoms with E-state index in [1.807, 2.05) is 36.1 Å². The third-order valence-electron chi connectivity index (χ3n) is 4.43. The van der Waals surface area contributed by atoms with Crippen LogP contribution in [0.3, 0.4) is 0 Å². The van der Waals surface area contributed by atoms with Gasteiger partial charge in [-0.1, -0.05) is 36.7 Å². The van der Waals surface area contributed by atoms with Gasteiger partial charge in [-0.25, -0.2) is 0 Å². The van der Waals surface area contributed by atoms with Crippen molar-refractivity contribution in [2.24, 2.45) is 11.1 Å². The molecule has 4 nitrogen and oxygen atoms in total. The number of nitrogens with zero attached hydrogens (tertiary/aromatic N) is 2. The number of carbonyl (C=O) groups is 1. The van der Waals surface area contributed by atoms with Gasteiger partial charge in [0.15, 0.2) is 5.60 Å². The monoisotopic (exact) mass is 286 g/mol. The van der Waals surface area contributed by atoms with Crippen LogP contribution in [0, 0.1) is 12.8 Å². The molecule has 0 bridgehead atoms.